The third-order valence-corrected chi connectivity index (χ3v) is 5.48. The number of amides is 1. The number of hydrogen-bond acceptors (Lipinski definition) is 2. The maximum Gasteiger partial charge on any atom is 0.225 e. The highest BCUT2D eigenvalue weighted by Crippen LogP contribution is 2.30. The van der Waals surface area contributed by atoms with Gasteiger partial charge in [0.15, 0.2) is 0 Å². The minimum atomic E-state index is -0.202. The third-order valence-electron chi connectivity index (χ3n) is 5.48. The summed E-state index contributed by atoms with van der Waals surface area (Å²) in [4.78, 5) is 14.1. The molecule has 3 heteroatoms. The topological polar surface area (TPSA) is 46.3 Å². The molecule has 1 rings (SSSR count). The average molecular weight is 375 g/mol. The molecule has 0 saturated heterocycles. The Morgan fingerprint density at radius 3 is 1.81 bits per heavy atom. The van der Waals surface area contributed by atoms with Crippen LogP contribution in [0.25, 0.3) is 0 Å². The first-order valence-corrected chi connectivity index (χ1v) is 11.1. The maximum atomic E-state index is 12.0. The van der Waals surface area contributed by atoms with Crippen molar-refractivity contribution in [3.63, 3.8) is 0 Å². The first-order chi connectivity index (χ1) is 13.1. The SMILES string of the molecule is CCCCCCCCCCCCCCC(C(N)=O)c1ccccc1N(C)C. The van der Waals surface area contributed by atoms with E-state index in [4.69, 9.17) is 5.73 Å². The molecule has 1 amide bonds. The van der Waals surface area contributed by atoms with Crippen LogP contribution in [0.3, 0.4) is 0 Å². The predicted molar refractivity (Wildman–Crippen MR) is 118 cm³/mol. The van der Waals surface area contributed by atoms with E-state index in [2.05, 4.69) is 17.9 Å². The number of carbonyl (C=O) groups is 1. The molecule has 0 aromatic heterocycles. The highest BCUT2D eigenvalue weighted by atomic mass is 16.1. The zero-order valence-electron chi connectivity index (χ0n) is 18.0. The zero-order valence-corrected chi connectivity index (χ0v) is 18.0. The van der Waals surface area contributed by atoms with E-state index in [-0.39, 0.29) is 11.8 Å². The van der Waals surface area contributed by atoms with Crippen LogP contribution in [-0.2, 0) is 4.79 Å². The molecule has 27 heavy (non-hydrogen) atoms. The molecule has 1 aromatic rings. The van der Waals surface area contributed by atoms with E-state index in [0.717, 1.165) is 24.1 Å². The molecule has 0 spiro atoms. The summed E-state index contributed by atoms with van der Waals surface area (Å²) in [5, 5.41) is 0. The summed E-state index contributed by atoms with van der Waals surface area (Å²) in [6.07, 6.45) is 16.8. The average Bonchev–Trinajstić information content (AvgIpc) is 2.65. The summed E-state index contributed by atoms with van der Waals surface area (Å²) in [6.45, 7) is 2.27. The molecule has 1 atom stereocenters. The Balaban J connectivity index is 2.21. The van der Waals surface area contributed by atoms with Crippen molar-refractivity contribution in [3.05, 3.63) is 29.8 Å². The highest BCUT2D eigenvalue weighted by molar-refractivity contribution is 5.84. The van der Waals surface area contributed by atoms with Crippen LogP contribution < -0.4 is 10.6 Å². The van der Waals surface area contributed by atoms with Crippen LogP contribution in [0, 0.1) is 0 Å². The summed E-state index contributed by atoms with van der Waals surface area (Å²) in [5.41, 5.74) is 7.88. The fraction of sp³-hybridized carbons (Fsp3) is 0.708. The van der Waals surface area contributed by atoms with Crippen LogP contribution in [0.4, 0.5) is 5.69 Å². The number of nitrogens with two attached hydrogens (primary N) is 1. The van der Waals surface area contributed by atoms with Gasteiger partial charge in [-0.2, -0.15) is 0 Å². The van der Waals surface area contributed by atoms with Gasteiger partial charge in [-0.3, -0.25) is 4.79 Å². The highest BCUT2D eigenvalue weighted by Gasteiger charge is 2.20. The third kappa shape index (κ3) is 9.83. The van der Waals surface area contributed by atoms with Gasteiger partial charge in [-0.05, 0) is 18.1 Å². The van der Waals surface area contributed by atoms with Crippen molar-refractivity contribution in [3.8, 4) is 0 Å². The van der Waals surface area contributed by atoms with E-state index in [1.54, 1.807) is 0 Å². The van der Waals surface area contributed by atoms with Gasteiger partial charge >= 0.3 is 0 Å². The number of primary amides is 1. The minimum Gasteiger partial charge on any atom is -0.377 e. The number of para-hydroxylation sites is 1. The Kier molecular flexibility index (Phi) is 12.7. The fourth-order valence-electron chi connectivity index (χ4n) is 3.83. The van der Waals surface area contributed by atoms with Crippen LogP contribution in [0.1, 0.15) is 102 Å². The van der Waals surface area contributed by atoms with Crippen molar-refractivity contribution in [1.82, 2.24) is 0 Å². The summed E-state index contributed by atoms with van der Waals surface area (Å²) in [5.74, 6) is -0.376. The number of nitrogens with zero attached hydrogens (tertiary/aromatic N) is 1. The molecule has 0 heterocycles. The van der Waals surface area contributed by atoms with Crippen LogP contribution in [0.5, 0.6) is 0 Å². The van der Waals surface area contributed by atoms with Gasteiger partial charge in [0, 0.05) is 19.8 Å². The second-order valence-corrected chi connectivity index (χ2v) is 8.09. The summed E-state index contributed by atoms with van der Waals surface area (Å²) in [6, 6.07) is 8.13. The maximum absolute atomic E-state index is 12.0. The van der Waals surface area contributed by atoms with E-state index in [9.17, 15) is 4.79 Å². The van der Waals surface area contributed by atoms with Gasteiger partial charge in [0.1, 0.15) is 0 Å². The lowest BCUT2D eigenvalue weighted by molar-refractivity contribution is -0.119. The number of benzene rings is 1. The van der Waals surface area contributed by atoms with E-state index in [1.165, 1.54) is 70.6 Å². The minimum absolute atomic E-state index is 0.174. The molecule has 154 valence electrons. The van der Waals surface area contributed by atoms with Crippen molar-refractivity contribution in [2.75, 3.05) is 19.0 Å². The Labute approximate surface area is 167 Å². The largest absolute Gasteiger partial charge is 0.377 e. The van der Waals surface area contributed by atoms with Crippen LogP contribution in [-0.4, -0.2) is 20.0 Å². The molecule has 0 fully saturated rings. The molecule has 1 aromatic carbocycles. The van der Waals surface area contributed by atoms with E-state index in [1.807, 2.05) is 32.3 Å². The van der Waals surface area contributed by atoms with Gasteiger partial charge in [-0.1, -0.05) is 102 Å². The Bertz CT molecular complexity index is 513. The van der Waals surface area contributed by atoms with Crippen LogP contribution in [0.15, 0.2) is 24.3 Å². The normalized spacial score (nSPS) is 12.1. The van der Waals surface area contributed by atoms with Gasteiger partial charge < -0.3 is 10.6 Å². The van der Waals surface area contributed by atoms with Gasteiger partial charge in [-0.25, -0.2) is 0 Å². The quantitative estimate of drug-likeness (QED) is 0.340. The molecule has 0 aliphatic heterocycles. The number of unbranched alkanes of at least 4 members (excludes halogenated alkanes) is 11. The van der Waals surface area contributed by atoms with Crippen molar-refractivity contribution in [1.29, 1.82) is 0 Å². The van der Waals surface area contributed by atoms with Crippen LogP contribution >= 0.6 is 0 Å². The van der Waals surface area contributed by atoms with Crippen molar-refractivity contribution < 1.29 is 4.79 Å². The van der Waals surface area contributed by atoms with Gasteiger partial charge in [0.05, 0.1) is 5.92 Å². The molecular formula is C24H42N2O. The zero-order chi connectivity index (χ0) is 19.9. The molecule has 3 nitrogen and oxygen atoms in total. The smallest absolute Gasteiger partial charge is 0.225 e. The standard InChI is InChI=1S/C24H42N2O/c1-4-5-6-7-8-9-10-11-12-13-14-15-19-22(24(25)27)21-18-16-17-20-23(21)26(2)3/h16-18,20,22H,4-15,19H2,1-3H3,(H2,25,27). The van der Waals surface area contributed by atoms with Crippen molar-refractivity contribution >= 4 is 11.6 Å². The first-order valence-electron chi connectivity index (χ1n) is 11.1. The lowest BCUT2D eigenvalue weighted by atomic mass is 9.90. The second kappa shape index (κ2) is 14.5. The Morgan fingerprint density at radius 2 is 1.33 bits per heavy atom. The lowest BCUT2D eigenvalue weighted by Crippen LogP contribution is -2.23. The predicted octanol–water partition coefficient (Wildman–Crippen LogP) is 6.41. The number of hydrogen-bond donors (Lipinski definition) is 1. The molecule has 0 bridgehead atoms. The number of rotatable bonds is 16. The fourth-order valence-corrected chi connectivity index (χ4v) is 3.83. The van der Waals surface area contributed by atoms with Gasteiger partial charge in [0.2, 0.25) is 5.91 Å². The van der Waals surface area contributed by atoms with Gasteiger partial charge in [-0.15, -0.1) is 0 Å². The molecule has 0 radical (unpaired) electrons. The monoisotopic (exact) mass is 374 g/mol. The number of anilines is 1. The second-order valence-electron chi connectivity index (χ2n) is 8.09. The molecule has 0 aliphatic rings. The molecule has 2 N–H and O–H groups in total. The first kappa shape index (κ1) is 23.5. The Morgan fingerprint density at radius 1 is 0.852 bits per heavy atom. The number of carbonyl (C=O) groups excluding carboxylic acids is 1. The van der Waals surface area contributed by atoms with E-state index in [0.29, 0.717) is 0 Å². The molecular weight excluding hydrogens is 332 g/mol. The molecule has 0 saturated carbocycles. The lowest BCUT2D eigenvalue weighted by Gasteiger charge is -2.22. The van der Waals surface area contributed by atoms with E-state index < -0.39 is 0 Å². The summed E-state index contributed by atoms with van der Waals surface area (Å²) in [7, 11) is 4.03. The van der Waals surface area contributed by atoms with Crippen LogP contribution in [0.2, 0.25) is 0 Å². The summed E-state index contributed by atoms with van der Waals surface area (Å²) < 4.78 is 0. The molecule has 1 unspecified atom stereocenters. The van der Waals surface area contributed by atoms with E-state index >= 15 is 0 Å². The van der Waals surface area contributed by atoms with Gasteiger partial charge in [0.25, 0.3) is 0 Å². The molecule has 0 aliphatic carbocycles. The van der Waals surface area contributed by atoms with Crippen molar-refractivity contribution in [2.24, 2.45) is 5.73 Å². The summed E-state index contributed by atoms with van der Waals surface area (Å²) >= 11 is 0. The Hall–Kier alpha value is -1.51. The van der Waals surface area contributed by atoms with Crippen molar-refractivity contribution in [2.45, 2.75) is 96.3 Å².